The summed E-state index contributed by atoms with van der Waals surface area (Å²) in [6.07, 6.45) is 4.49. The minimum atomic E-state index is 0.0111. The molecule has 0 saturated carbocycles. The predicted octanol–water partition coefficient (Wildman–Crippen LogP) is 0.980. The Balaban J connectivity index is 1.83. The van der Waals surface area contributed by atoms with Gasteiger partial charge in [0.05, 0.1) is 0 Å². The Hall–Kier alpha value is -1.69. The molecular weight excluding hydrogens is 278 g/mol. The summed E-state index contributed by atoms with van der Waals surface area (Å²) in [6.45, 7) is 6.61. The highest BCUT2D eigenvalue weighted by molar-refractivity contribution is 5.78. The fraction of sp³-hybridized carbons (Fsp3) is 0.688. The van der Waals surface area contributed by atoms with Crippen molar-refractivity contribution < 1.29 is 4.79 Å². The zero-order valence-electron chi connectivity index (χ0n) is 13.8. The minimum absolute atomic E-state index is 0.0111. The molecule has 22 heavy (non-hydrogen) atoms. The summed E-state index contributed by atoms with van der Waals surface area (Å²) in [6, 6.07) is 2.34. The van der Waals surface area contributed by atoms with E-state index in [0.29, 0.717) is 6.54 Å². The van der Waals surface area contributed by atoms with Crippen LogP contribution >= 0.6 is 0 Å². The number of anilines is 1. The number of carbonyl (C=O) groups is 1. The lowest BCUT2D eigenvalue weighted by Gasteiger charge is -2.33. The van der Waals surface area contributed by atoms with Crippen molar-refractivity contribution in [2.75, 3.05) is 31.6 Å². The quantitative estimate of drug-likeness (QED) is 0.820. The molecule has 1 atom stereocenters. The van der Waals surface area contributed by atoms with Gasteiger partial charge in [-0.2, -0.15) is 0 Å². The van der Waals surface area contributed by atoms with E-state index in [0.717, 1.165) is 43.9 Å². The lowest BCUT2D eigenvalue weighted by Crippen LogP contribution is -2.47. The largest absolute Gasteiger partial charge is 0.356 e. The molecule has 1 aromatic heterocycles. The third-order valence-corrected chi connectivity index (χ3v) is 4.19. The van der Waals surface area contributed by atoms with E-state index in [-0.39, 0.29) is 17.9 Å². The van der Waals surface area contributed by atoms with Crippen molar-refractivity contribution >= 4 is 11.7 Å². The van der Waals surface area contributed by atoms with Crippen LogP contribution in [0.2, 0.25) is 0 Å². The van der Waals surface area contributed by atoms with Crippen LogP contribution in [0.1, 0.15) is 32.4 Å². The number of nitrogens with one attached hydrogen (secondary N) is 2. The van der Waals surface area contributed by atoms with Gasteiger partial charge in [0.2, 0.25) is 5.91 Å². The van der Waals surface area contributed by atoms with Gasteiger partial charge in [0, 0.05) is 43.4 Å². The highest BCUT2D eigenvalue weighted by Gasteiger charge is 2.23. The first-order chi connectivity index (χ1) is 10.6. The Morgan fingerprint density at radius 3 is 2.77 bits per heavy atom. The number of piperidine rings is 1. The predicted molar refractivity (Wildman–Crippen MR) is 87.9 cm³/mol. The maximum Gasteiger partial charge on any atom is 0.224 e. The molecule has 6 nitrogen and oxygen atoms in total. The molecule has 1 saturated heterocycles. The average molecular weight is 305 g/mol. The van der Waals surface area contributed by atoms with Gasteiger partial charge >= 0.3 is 0 Å². The van der Waals surface area contributed by atoms with E-state index in [9.17, 15) is 4.79 Å². The van der Waals surface area contributed by atoms with Gasteiger partial charge in [-0.3, -0.25) is 4.79 Å². The standard InChI is InChI=1S/C16H27N5O/c1-4-13-9-15(19-11-18-13)21-7-5-14(6-8-21)20-16(22)12(2)10-17-3/h9,11-12,14,17H,4-8,10H2,1-3H3,(H,20,22). The molecule has 1 amide bonds. The molecule has 1 fully saturated rings. The molecule has 0 aliphatic carbocycles. The number of carbonyl (C=O) groups excluding carboxylic acids is 1. The summed E-state index contributed by atoms with van der Waals surface area (Å²) in [5.41, 5.74) is 1.07. The van der Waals surface area contributed by atoms with E-state index in [1.165, 1.54) is 0 Å². The zero-order valence-corrected chi connectivity index (χ0v) is 13.8. The average Bonchev–Trinajstić information content (AvgIpc) is 2.55. The Morgan fingerprint density at radius 1 is 1.41 bits per heavy atom. The normalized spacial score (nSPS) is 17.3. The van der Waals surface area contributed by atoms with E-state index in [1.54, 1.807) is 6.33 Å². The van der Waals surface area contributed by atoms with Gasteiger partial charge in [-0.15, -0.1) is 0 Å². The van der Waals surface area contributed by atoms with Crippen LogP contribution in [-0.4, -0.2) is 48.6 Å². The number of amides is 1. The summed E-state index contributed by atoms with van der Waals surface area (Å²) in [4.78, 5) is 22.9. The van der Waals surface area contributed by atoms with E-state index in [2.05, 4.69) is 38.5 Å². The second-order valence-electron chi connectivity index (χ2n) is 5.95. The highest BCUT2D eigenvalue weighted by atomic mass is 16.1. The fourth-order valence-electron chi connectivity index (χ4n) is 2.75. The second kappa shape index (κ2) is 8.08. The Bertz CT molecular complexity index is 485. The van der Waals surface area contributed by atoms with Gasteiger partial charge in [-0.05, 0) is 26.3 Å². The van der Waals surface area contributed by atoms with Gasteiger partial charge in [0.25, 0.3) is 0 Å². The van der Waals surface area contributed by atoms with Crippen molar-refractivity contribution in [3.8, 4) is 0 Å². The van der Waals surface area contributed by atoms with Gasteiger partial charge in [0.15, 0.2) is 0 Å². The van der Waals surface area contributed by atoms with Crippen molar-refractivity contribution in [2.24, 2.45) is 5.92 Å². The molecule has 0 aromatic carbocycles. The zero-order chi connectivity index (χ0) is 15.9. The van der Waals surface area contributed by atoms with Crippen LogP contribution in [0.25, 0.3) is 0 Å². The van der Waals surface area contributed by atoms with Crippen LogP contribution < -0.4 is 15.5 Å². The van der Waals surface area contributed by atoms with Crippen molar-refractivity contribution in [3.63, 3.8) is 0 Å². The van der Waals surface area contributed by atoms with Crippen molar-refractivity contribution in [1.29, 1.82) is 0 Å². The summed E-state index contributed by atoms with van der Waals surface area (Å²) >= 11 is 0. The van der Waals surface area contributed by atoms with E-state index >= 15 is 0 Å². The molecule has 1 aliphatic rings. The number of aromatic nitrogens is 2. The molecule has 6 heteroatoms. The molecule has 1 aliphatic heterocycles. The van der Waals surface area contributed by atoms with Crippen LogP contribution in [0.3, 0.4) is 0 Å². The Labute approximate surface area is 132 Å². The van der Waals surface area contributed by atoms with Crippen LogP contribution in [0.4, 0.5) is 5.82 Å². The summed E-state index contributed by atoms with van der Waals surface area (Å²) < 4.78 is 0. The molecule has 122 valence electrons. The first-order valence-corrected chi connectivity index (χ1v) is 8.14. The van der Waals surface area contributed by atoms with Gasteiger partial charge in [0.1, 0.15) is 12.1 Å². The van der Waals surface area contributed by atoms with Crippen LogP contribution in [0.15, 0.2) is 12.4 Å². The molecule has 0 bridgehead atoms. The lowest BCUT2D eigenvalue weighted by molar-refractivity contribution is -0.125. The molecule has 1 aromatic rings. The van der Waals surface area contributed by atoms with Crippen LogP contribution in [0, 0.1) is 5.92 Å². The number of rotatable bonds is 6. The van der Waals surface area contributed by atoms with Crippen molar-refractivity contribution in [3.05, 3.63) is 18.1 Å². The molecule has 2 heterocycles. The molecular formula is C16H27N5O. The van der Waals surface area contributed by atoms with Gasteiger partial charge < -0.3 is 15.5 Å². The SMILES string of the molecule is CCc1cc(N2CCC(NC(=O)C(C)CNC)CC2)ncn1. The van der Waals surface area contributed by atoms with Crippen LogP contribution in [-0.2, 0) is 11.2 Å². The number of nitrogens with zero attached hydrogens (tertiary/aromatic N) is 3. The molecule has 2 N–H and O–H groups in total. The Morgan fingerprint density at radius 2 is 2.14 bits per heavy atom. The third-order valence-electron chi connectivity index (χ3n) is 4.19. The monoisotopic (exact) mass is 305 g/mol. The fourth-order valence-corrected chi connectivity index (χ4v) is 2.75. The second-order valence-corrected chi connectivity index (χ2v) is 5.95. The smallest absolute Gasteiger partial charge is 0.224 e. The highest BCUT2D eigenvalue weighted by Crippen LogP contribution is 2.18. The first-order valence-electron chi connectivity index (χ1n) is 8.14. The molecule has 1 unspecified atom stereocenters. The van der Waals surface area contributed by atoms with E-state index < -0.39 is 0 Å². The van der Waals surface area contributed by atoms with Crippen LogP contribution in [0.5, 0.6) is 0 Å². The topological polar surface area (TPSA) is 70.2 Å². The lowest BCUT2D eigenvalue weighted by atomic mass is 10.0. The molecule has 0 radical (unpaired) electrons. The maximum absolute atomic E-state index is 12.1. The van der Waals surface area contributed by atoms with E-state index in [4.69, 9.17) is 0 Å². The summed E-state index contributed by atoms with van der Waals surface area (Å²) in [5.74, 6) is 1.15. The van der Waals surface area contributed by atoms with Crippen molar-refractivity contribution in [1.82, 2.24) is 20.6 Å². The third kappa shape index (κ3) is 4.40. The Kier molecular flexibility index (Phi) is 6.12. The number of hydrogen-bond donors (Lipinski definition) is 2. The van der Waals surface area contributed by atoms with Gasteiger partial charge in [-0.1, -0.05) is 13.8 Å². The molecule has 2 rings (SSSR count). The molecule has 0 spiro atoms. The summed E-state index contributed by atoms with van der Waals surface area (Å²) in [5, 5.41) is 6.20. The first kappa shape index (κ1) is 16.7. The summed E-state index contributed by atoms with van der Waals surface area (Å²) in [7, 11) is 1.87. The van der Waals surface area contributed by atoms with Crippen molar-refractivity contribution in [2.45, 2.75) is 39.2 Å². The van der Waals surface area contributed by atoms with E-state index in [1.807, 2.05) is 14.0 Å². The minimum Gasteiger partial charge on any atom is -0.356 e. The number of hydrogen-bond acceptors (Lipinski definition) is 5. The number of aryl methyl sites for hydroxylation is 1. The van der Waals surface area contributed by atoms with Gasteiger partial charge in [-0.25, -0.2) is 9.97 Å². The maximum atomic E-state index is 12.1.